The van der Waals surface area contributed by atoms with Crippen LogP contribution >= 0.6 is 11.3 Å². The van der Waals surface area contributed by atoms with Crippen molar-refractivity contribution in [1.29, 1.82) is 0 Å². The molecule has 1 aliphatic rings. The molecule has 134 valence electrons. The number of benzene rings is 2. The van der Waals surface area contributed by atoms with Gasteiger partial charge in [-0.05, 0) is 24.3 Å². The summed E-state index contributed by atoms with van der Waals surface area (Å²) in [5, 5.41) is 2.31. The number of hydrogen-bond acceptors (Lipinski definition) is 7. The summed E-state index contributed by atoms with van der Waals surface area (Å²) in [7, 11) is 0. The number of fused-ring (bicyclic) bond motifs is 1. The third-order valence-corrected chi connectivity index (χ3v) is 4.53. The van der Waals surface area contributed by atoms with E-state index in [-0.39, 0.29) is 29.0 Å². The van der Waals surface area contributed by atoms with Gasteiger partial charge >= 0.3 is 5.97 Å². The van der Waals surface area contributed by atoms with E-state index >= 15 is 0 Å². The van der Waals surface area contributed by atoms with Crippen LogP contribution < -0.4 is 4.74 Å². The third-order valence-electron chi connectivity index (χ3n) is 3.90. The van der Waals surface area contributed by atoms with E-state index in [9.17, 15) is 14.4 Å². The molecule has 7 nitrogen and oxygen atoms in total. The van der Waals surface area contributed by atoms with Crippen LogP contribution in [-0.2, 0) is 11.4 Å². The number of carbonyl (C=O) groups is 3. The Bertz CT molecular complexity index is 997. The Labute approximate surface area is 157 Å². The van der Waals surface area contributed by atoms with Gasteiger partial charge in [0.05, 0.1) is 22.3 Å². The third kappa shape index (κ3) is 3.18. The van der Waals surface area contributed by atoms with E-state index in [0.717, 1.165) is 5.69 Å². The van der Waals surface area contributed by atoms with Crippen molar-refractivity contribution >= 4 is 29.1 Å². The van der Waals surface area contributed by atoms with Gasteiger partial charge in [0.2, 0.25) is 0 Å². The van der Waals surface area contributed by atoms with Gasteiger partial charge in [-0.15, -0.1) is 11.3 Å². The highest BCUT2D eigenvalue weighted by Crippen LogP contribution is 2.25. The molecule has 0 spiro atoms. The fraction of sp³-hybridized carbons (Fsp3) is 0.0526. The molecule has 8 heteroatoms. The van der Waals surface area contributed by atoms with Gasteiger partial charge in [-0.1, -0.05) is 29.3 Å². The van der Waals surface area contributed by atoms with Crippen molar-refractivity contribution in [2.45, 2.75) is 6.61 Å². The smallest absolute Gasteiger partial charge is 0.367 e. The second-order valence-corrected chi connectivity index (χ2v) is 6.31. The summed E-state index contributed by atoms with van der Waals surface area (Å²) >= 11 is 1.44. The van der Waals surface area contributed by atoms with E-state index in [0.29, 0.717) is 5.06 Å². The van der Waals surface area contributed by atoms with Crippen molar-refractivity contribution in [2.75, 3.05) is 0 Å². The summed E-state index contributed by atoms with van der Waals surface area (Å²) in [6, 6.07) is 12.7. The van der Waals surface area contributed by atoms with E-state index in [1.165, 1.54) is 29.5 Å². The highest BCUT2D eigenvalue weighted by molar-refractivity contribution is 7.07. The topological polar surface area (TPSA) is 85.8 Å². The molecule has 0 unspecified atom stereocenters. The lowest BCUT2D eigenvalue weighted by molar-refractivity contribution is -0.0586. The zero-order chi connectivity index (χ0) is 18.8. The Balaban J connectivity index is 1.52. The molecule has 0 fully saturated rings. The van der Waals surface area contributed by atoms with Crippen LogP contribution in [0, 0.1) is 0 Å². The van der Waals surface area contributed by atoms with Crippen molar-refractivity contribution in [3.05, 3.63) is 81.8 Å². The number of imide groups is 1. The minimum atomic E-state index is -0.863. The van der Waals surface area contributed by atoms with E-state index in [1.807, 2.05) is 5.38 Å². The van der Waals surface area contributed by atoms with E-state index in [4.69, 9.17) is 9.57 Å². The molecule has 27 heavy (non-hydrogen) atoms. The number of rotatable bonds is 5. The van der Waals surface area contributed by atoms with Gasteiger partial charge in [-0.2, -0.15) is 0 Å². The second-order valence-electron chi connectivity index (χ2n) is 5.59. The van der Waals surface area contributed by atoms with Crippen molar-refractivity contribution in [3.63, 3.8) is 0 Å². The molecule has 3 aromatic rings. The standard InChI is InChI=1S/C19H12N2O5S/c22-17-13-5-1-2-6-14(13)18(23)21(17)26-19(24)15-7-3-4-8-16(15)25-9-12-10-27-11-20-12/h1-8,10-11H,9H2. The van der Waals surface area contributed by atoms with Crippen LogP contribution in [0.5, 0.6) is 5.75 Å². The number of hydroxylamine groups is 2. The summed E-state index contributed by atoms with van der Waals surface area (Å²) in [4.78, 5) is 46.4. The number of nitrogens with zero attached hydrogens (tertiary/aromatic N) is 2. The molecule has 2 heterocycles. The lowest BCUT2D eigenvalue weighted by Crippen LogP contribution is -2.32. The van der Waals surface area contributed by atoms with E-state index < -0.39 is 17.8 Å². The highest BCUT2D eigenvalue weighted by Gasteiger charge is 2.39. The molecule has 0 saturated heterocycles. The molecule has 0 radical (unpaired) electrons. The van der Waals surface area contributed by atoms with Crippen LogP contribution in [0.25, 0.3) is 0 Å². The zero-order valence-electron chi connectivity index (χ0n) is 13.8. The molecule has 2 amide bonds. The van der Waals surface area contributed by atoms with Crippen LogP contribution in [0.15, 0.2) is 59.4 Å². The maximum atomic E-state index is 12.6. The molecular weight excluding hydrogens is 368 g/mol. The Hall–Kier alpha value is -3.52. The maximum absolute atomic E-state index is 12.6. The predicted octanol–water partition coefficient (Wildman–Crippen LogP) is 3.09. The summed E-state index contributed by atoms with van der Waals surface area (Å²) < 4.78 is 5.64. The van der Waals surface area contributed by atoms with E-state index in [1.54, 1.807) is 35.8 Å². The molecule has 0 bridgehead atoms. The molecule has 0 N–H and O–H groups in total. The molecule has 0 aliphatic carbocycles. The first-order valence-corrected chi connectivity index (χ1v) is 8.88. The Morgan fingerprint density at radius 3 is 2.33 bits per heavy atom. The molecule has 4 rings (SSSR count). The van der Waals surface area contributed by atoms with Crippen molar-refractivity contribution in [3.8, 4) is 5.75 Å². The normalized spacial score (nSPS) is 12.8. The van der Waals surface area contributed by atoms with Crippen LogP contribution in [0.2, 0.25) is 0 Å². The number of ether oxygens (including phenoxy) is 1. The summed E-state index contributed by atoms with van der Waals surface area (Å²) in [6.45, 7) is 0.181. The first-order valence-electron chi connectivity index (χ1n) is 7.94. The summed E-state index contributed by atoms with van der Waals surface area (Å²) in [5.41, 5.74) is 2.90. The monoisotopic (exact) mass is 380 g/mol. The first kappa shape index (κ1) is 16.9. The number of carbonyl (C=O) groups excluding carboxylic acids is 3. The average Bonchev–Trinajstić information content (AvgIpc) is 3.30. The van der Waals surface area contributed by atoms with Gasteiger partial charge in [0.15, 0.2) is 0 Å². The maximum Gasteiger partial charge on any atom is 0.367 e. The molecule has 1 aliphatic heterocycles. The zero-order valence-corrected chi connectivity index (χ0v) is 14.6. The number of hydrogen-bond donors (Lipinski definition) is 0. The lowest BCUT2D eigenvalue weighted by atomic mass is 10.1. The Morgan fingerprint density at radius 2 is 1.67 bits per heavy atom. The van der Waals surface area contributed by atoms with Gasteiger partial charge in [-0.25, -0.2) is 9.78 Å². The van der Waals surface area contributed by atoms with E-state index in [2.05, 4.69) is 4.98 Å². The van der Waals surface area contributed by atoms with Crippen molar-refractivity contribution < 1.29 is 24.0 Å². The predicted molar refractivity (Wildman–Crippen MR) is 95.2 cm³/mol. The van der Waals surface area contributed by atoms with Crippen LogP contribution in [0.1, 0.15) is 36.8 Å². The first-order chi connectivity index (χ1) is 13.1. The van der Waals surface area contributed by atoms with Crippen LogP contribution in [-0.4, -0.2) is 27.8 Å². The van der Waals surface area contributed by atoms with Gasteiger partial charge in [0.25, 0.3) is 11.8 Å². The summed E-state index contributed by atoms with van der Waals surface area (Å²) in [6.07, 6.45) is 0. The average molecular weight is 380 g/mol. The molecule has 1 aromatic heterocycles. The van der Waals surface area contributed by atoms with Gasteiger partial charge in [0, 0.05) is 5.38 Å². The summed E-state index contributed by atoms with van der Waals surface area (Å²) in [5.74, 6) is -1.94. The quantitative estimate of drug-likeness (QED) is 0.632. The van der Waals surface area contributed by atoms with Gasteiger partial charge in [-0.3, -0.25) is 9.59 Å². The number of para-hydroxylation sites is 1. The molecular formula is C19H12N2O5S. The number of aromatic nitrogens is 1. The van der Waals surface area contributed by atoms with Crippen molar-refractivity contribution in [1.82, 2.24) is 10.0 Å². The van der Waals surface area contributed by atoms with Crippen molar-refractivity contribution in [2.24, 2.45) is 0 Å². The molecule has 0 saturated carbocycles. The number of amides is 2. The number of thiazole rings is 1. The minimum Gasteiger partial charge on any atom is -0.486 e. The fourth-order valence-electron chi connectivity index (χ4n) is 2.60. The fourth-order valence-corrected chi connectivity index (χ4v) is 3.15. The van der Waals surface area contributed by atoms with Crippen LogP contribution in [0.4, 0.5) is 0 Å². The van der Waals surface area contributed by atoms with Crippen LogP contribution in [0.3, 0.4) is 0 Å². The minimum absolute atomic E-state index is 0.101. The highest BCUT2D eigenvalue weighted by atomic mass is 32.1. The van der Waals surface area contributed by atoms with Gasteiger partial charge < -0.3 is 9.57 Å². The largest absolute Gasteiger partial charge is 0.486 e. The molecule has 0 atom stereocenters. The second kappa shape index (κ2) is 7.00. The lowest BCUT2D eigenvalue weighted by Gasteiger charge is -2.14. The molecule has 2 aromatic carbocycles. The Morgan fingerprint density at radius 1 is 1.00 bits per heavy atom. The van der Waals surface area contributed by atoms with Gasteiger partial charge in [0.1, 0.15) is 17.9 Å². The SMILES string of the molecule is O=C(ON1C(=O)c2ccccc2C1=O)c1ccccc1OCc1cscn1. The Kier molecular flexibility index (Phi) is 4.39.